The van der Waals surface area contributed by atoms with Gasteiger partial charge in [-0.1, -0.05) is 15.9 Å². The topological polar surface area (TPSA) is 59.3 Å². The highest BCUT2D eigenvalue weighted by Gasteiger charge is 2.13. The van der Waals surface area contributed by atoms with Gasteiger partial charge in [-0.15, -0.1) is 0 Å². The van der Waals surface area contributed by atoms with Crippen molar-refractivity contribution < 1.29 is 14.3 Å². The lowest BCUT2D eigenvalue weighted by Crippen LogP contribution is -2.09. The molecule has 1 rings (SSSR count). The van der Waals surface area contributed by atoms with Crippen molar-refractivity contribution in [2.24, 2.45) is 0 Å². The molecule has 0 saturated carbocycles. The Morgan fingerprint density at radius 1 is 1.44 bits per heavy atom. The lowest BCUT2D eigenvalue weighted by atomic mass is 10.0. The number of nitriles is 1. The first-order valence-electron chi connectivity index (χ1n) is 5.47. The summed E-state index contributed by atoms with van der Waals surface area (Å²) in [6.07, 6.45) is 0.160. The highest BCUT2D eigenvalue weighted by molar-refractivity contribution is 9.08. The van der Waals surface area contributed by atoms with E-state index in [1.54, 1.807) is 19.1 Å². The fourth-order valence-corrected chi connectivity index (χ4v) is 2.10. The Hall–Kier alpha value is -1.54. The van der Waals surface area contributed by atoms with E-state index in [0.717, 1.165) is 11.1 Å². The number of benzene rings is 1. The number of halogens is 1. The first kappa shape index (κ1) is 14.5. The van der Waals surface area contributed by atoms with E-state index in [1.807, 2.05) is 0 Å². The van der Waals surface area contributed by atoms with Gasteiger partial charge in [-0.2, -0.15) is 5.26 Å². The number of methoxy groups -OCH3 is 1. The number of hydrogen-bond donors (Lipinski definition) is 0. The zero-order valence-electron chi connectivity index (χ0n) is 10.3. The van der Waals surface area contributed by atoms with Crippen molar-refractivity contribution in [1.82, 2.24) is 0 Å². The van der Waals surface area contributed by atoms with Crippen LogP contribution in [0.1, 0.15) is 23.6 Å². The highest BCUT2D eigenvalue weighted by atomic mass is 79.9. The van der Waals surface area contributed by atoms with Crippen LogP contribution in [0, 0.1) is 11.3 Å². The fraction of sp³-hybridized carbons (Fsp3) is 0.385. The molecule has 0 spiro atoms. The maximum Gasteiger partial charge on any atom is 0.310 e. The quantitative estimate of drug-likeness (QED) is 0.619. The summed E-state index contributed by atoms with van der Waals surface area (Å²) in [7, 11) is 1.51. The average Bonchev–Trinajstić information content (AvgIpc) is 2.38. The van der Waals surface area contributed by atoms with Crippen LogP contribution >= 0.6 is 15.9 Å². The van der Waals surface area contributed by atoms with E-state index in [0.29, 0.717) is 23.2 Å². The van der Waals surface area contributed by atoms with Crippen molar-refractivity contribution in [3.63, 3.8) is 0 Å². The summed E-state index contributed by atoms with van der Waals surface area (Å²) >= 11 is 3.36. The minimum Gasteiger partial charge on any atom is -0.495 e. The Morgan fingerprint density at radius 3 is 2.67 bits per heavy atom. The molecule has 0 aliphatic heterocycles. The van der Waals surface area contributed by atoms with Crippen molar-refractivity contribution in [2.75, 3.05) is 13.7 Å². The molecule has 4 nitrogen and oxygen atoms in total. The Bertz CT molecular complexity index is 480. The number of esters is 1. The molecule has 0 aromatic heterocycles. The molecule has 0 saturated heterocycles. The van der Waals surface area contributed by atoms with Crippen LogP contribution in [0.25, 0.3) is 0 Å². The van der Waals surface area contributed by atoms with Crippen LogP contribution in [-0.2, 0) is 21.3 Å². The zero-order chi connectivity index (χ0) is 13.5. The molecule has 0 N–H and O–H groups in total. The molecule has 0 bridgehead atoms. The molecular weight excluding hydrogens is 298 g/mol. The molecule has 0 aliphatic rings. The largest absolute Gasteiger partial charge is 0.495 e. The van der Waals surface area contributed by atoms with Crippen molar-refractivity contribution in [2.45, 2.75) is 18.7 Å². The van der Waals surface area contributed by atoms with Gasteiger partial charge in [0.15, 0.2) is 0 Å². The molecular formula is C13H14BrNO3. The van der Waals surface area contributed by atoms with Crippen molar-refractivity contribution in [3.05, 3.63) is 28.8 Å². The molecule has 0 fully saturated rings. The van der Waals surface area contributed by atoms with Gasteiger partial charge in [0.05, 0.1) is 25.7 Å². The van der Waals surface area contributed by atoms with E-state index in [-0.39, 0.29) is 12.4 Å². The number of ether oxygens (including phenoxy) is 2. The standard InChI is InChI=1S/C13H14BrNO3/c1-3-18-13(16)6-9-4-11(8-15)12(17-2)5-10(9)7-14/h4-5H,3,6-7H2,1-2H3. The molecule has 0 aliphatic carbocycles. The van der Waals surface area contributed by atoms with Crippen LogP contribution in [0.15, 0.2) is 12.1 Å². The monoisotopic (exact) mass is 311 g/mol. The SMILES string of the molecule is CCOC(=O)Cc1cc(C#N)c(OC)cc1CBr. The lowest BCUT2D eigenvalue weighted by molar-refractivity contribution is -0.142. The second-order valence-electron chi connectivity index (χ2n) is 3.55. The number of rotatable bonds is 5. The van der Waals surface area contributed by atoms with Crippen LogP contribution in [-0.4, -0.2) is 19.7 Å². The molecule has 0 heterocycles. The van der Waals surface area contributed by atoms with Crippen molar-refractivity contribution in [1.29, 1.82) is 5.26 Å². The Labute approximate surface area is 115 Å². The van der Waals surface area contributed by atoms with Crippen molar-refractivity contribution in [3.8, 4) is 11.8 Å². The van der Waals surface area contributed by atoms with E-state index < -0.39 is 0 Å². The molecule has 0 unspecified atom stereocenters. The molecule has 18 heavy (non-hydrogen) atoms. The number of hydrogen-bond acceptors (Lipinski definition) is 4. The summed E-state index contributed by atoms with van der Waals surface area (Å²) in [5.74, 6) is 0.216. The molecule has 0 atom stereocenters. The van der Waals surface area contributed by atoms with Gasteiger partial charge >= 0.3 is 5.97 Å². The van der Waals surface area contributed by atoms with Gasteiger partial charge in [0.2, 0.25) is 0 Å². The number of carbonyl (C=O) groups is 1. The van der Waals surface area contributed by atoms with E-state index in [2.05, 4.69) is 22.0 Å². The van der Waals surface area contributed by atoms with Gasteiger partial charge in [-0.05, 0) is 30.2 Å². The van der Waals surface area contributed by atoms with Crippen LogP contribution in [0.5, 0.6) is 5.75 Å². The highest BCUT2D eigenvalue weighted by Crippen LogP contribution is 2.25. The third kappa shape index (κ3) is 3.47. The third-order valence-electron chi connectivity index (χ3n) is 2.43. The second kappa shape index (κ2) is 7.02. The smallest absolute Gasteiger partial charge is 0.310 e. The van der Waals surface area contributed by atoms with E-state index in [1.165, 1.54) is 7.11 Å². The fourth-order valence-electron chi connectivity index (χ4n) is 1.58. The van der Waals surface area contributed by atoms with Crippen LogP contribution in [0.4, 0.5) is 0 Å². The average molecular weight is 312 g/mol. The molecule has 1 aromatic carbocycles. The second-order valence-corrected chi connectivity index (χ2v) is 4.11. The zero-order valence-corrected chi connectivity index (χ0v) is 11.9. The molecule has 1 aromatic rings. The first-order chi connectivity index (χ1) is 8.65. The van der Waals surface area contributed by atoms with Gasteiger partial charge in [-0.25, -0.2) is 0 Å². The number of alkyl halides is 1. The number of nitrogens with zero attached hydrogens (tertiary/aromatic N) is 1. The summed E-state index contributed by atoms with van der Waals surface area (Å²) in [6, 6.07) is 5.49. The van der Waals surface area contributed by atoms with Crippen LogP contribution in [0.2, 0.25) is 0 Å². The Kier molecular flexibility index (Phi) is 5.66. The number of carbonyl (C=O) groups excluding carboxylic acids is 1. The van der Waals surface area contributed by atoms with E-state index >= 15 is 0 Å². The maximum atomic E-state index is 11.5. The summed E-state index contributed by atoms with van der Waals surface area (Å²) in [5.41, 5.74) is 2.11. The van der Waals surface area contributed by atoms with Gasteiger partial charge in [-0.3, -0.25) is 4.79 Å². The normalized spacial score (nSPS) is 9.67. The Morgan fingerprint density at radius 2 is 2.17 bits per heavy atom. The Balaban J connectivity index is 3.10. The van der Waals surface area contributed by atoms with Gasteiger partial charge in [0.1, 0.15) is 11.8 Å². The summed E-state index contributed by atoms with van der Waals surface area (Å²) in [6.45, 7) is 2.11. The van der Waals surface area contributed by atoms with E-state index in [9.17, 15) is 4.79 Å². The van der Waals surface area contributed by atoms with Crippen LogP contribution in [0.3, 0.4) is 0 Å². The minimum absolute atomic E-state index is 0.160. The minimum atomic E-state index is -0.297. The lowest BCUT2D eigenvalue weighted by Gasteiger charge is -2.11. The summed E-state index contributed by atoms with van der Waals surface area (Å²) < 4.78 is 10.0. The van der Waals surface area contributed by atoms with Gasteiger partial charge in [0, 0.05) is 5.33 Å². The molecule has 96 valence electrons. The predicted octanol–water partition coefficient (Wildman–Crippen LogP) is 2.57. The summed E-state index contributed by atoms with van der Waals surface area (Å²) in [4.78, 5) is 11.5. The first-order valence-corrected chi connectivity index (χ1v) is 6.59. The van der Waals surface area contributed by atoms with E-state index in [4.69, 9.17) is 14.7 Å². The summed E-state index contributed by atoms with van der Waals surface area (Å²) in [5, 5.41) is 9.60. The predicted molar refractivity (Wildman–Crippen MR) is 70.7 cm³/mol. The molecule has 5 heteroatoms. The molecule has 0 amide bonds. The maximum absolute atomic E-state index is 11.5. The molecule has 0 radical (unpaired) electrons. The van der Waals surface area contributed by atoms with Gasteiger partial charge in [0.25, 0.3) is 0 Å². The van der Waals surface area contributed by atoms with Crippen LogP contribution < -0.4 is 4.74 Å². The van der Waals surface area contributed by atoms with Crippen molar-refractivity contribution >= 4 is 21.9 Å². The van der Waals surface area contributed by atoms with Gasteiger partial charge < -0.3 is 9.47 Å². The third-order valence-corrected chi connectivity index (χ3v) is 3.03.